The Morgan fingerprint density at radius 2 is 1.62 bits per heavy atom. The Hall–Kier alpha value is -1.06. The Morgan fingerprint density at radius 3 is 2.00 bits per heavy atom. The molecule has 3 N–H and O–H groups in total. The molecule has 0 aromatic heterocycles. The normalized spacial score (nSPS) is 11.0. The average molecular weight is 313 g/mol. The SMILES string of the molecule is CCC(CC)(CN)C(=O)NCc1c(C)cc(C)cc1C.Cl. The first-order valence-electron chi connectivity index (χ1n) is 7.45. The van der Waals surface area contributed by atoms with Crippen LogP contribution in [0.2, 0.25) is 0 Å². The van der Waals surface area contributed by atoms with Crippen LogP contribution in [0, 0.1) is 26.2 Å². The number of hydrogen-bond donors (Lipinski definition) is 2. The van der Waals surface area contributed by atoms with Crippen molar-refractivity contribution in [3.63, 3.8) is 0 Å². The Balaban J connectivity index is 0.00000400. The fourth-order valence-electron chi connectivity index (χ4n) is 2.80. The summed E-state index contributed by atoms with van der Waals surface area (Å²) in [5.41, 5.74) is 10.3. The van der Waals surface area contributed by atoms with E-state index in [-0.39, 0.29) is 18.3 Å². The van der Waals surface area contributed by atoms with E-state index in [1.54, 1.807) is 0 Å². The van der Waals surface area contributed by atoms with Gasteiger partial charge in [-0.3, -0.25) is 4.79 Å². The maximum atomic E-state index is 12.4. The van der Waals surface area contributed by atoms with Crippen molar-refractivity contribution in [2.24, 2.45) is 11.1 Å². The number of nitrogens with two attached hydrogens (primary N) is 1. The highest BCUT2D eigenvalue weighted by Gasteiger charge is 2.33. The number of amides is 1. The second-order valence-corrected chi connectivity index (χ2v) is 5.75. The zero-order valence-electron chi connectivity index (χ0n) is 13.9. The summed E-state index contributed by atoms with van der Waals surface area (Å²) in [6.07, 6.45) is 1.55. The van der Waals surface area contributed by atoms with Crippen molar-refractivity contribution in [2.45, 2.75) is 54.0 Å². The van der Waals surface area contributed by atoms with Gasteiger partial charge in [-0.2, -0.15) is 0 Å². The van der Waals surface area contributed by atoms with E-state index in [0.29, 0.717) is 13.1 Å². The summed E-state index contributed by atoms with van der Waals surface area (Å²) < 4.78 is 0. The topological polar surface area (TPSA) is 55.1 Å². The average Bonchev–Trinajstić information content (AvgIpc) is 2.40. The van der Waals surface area contributed by atoms with Gasteiger partial charge >= 0.3 is 0 Å². The maximum absolute atomic E-state index is 12.4. The number of aryl methyl sites for hydroxylation is 3. The van der Waals surface area contributed by atoms with Gasteiger partial charge in [0, 0.05) is 13.1 Å². The van der Waals surface area contributed by atoms with E-state index in [9.17, 15) is 4.79 Å². The molecule has 0 bridgehead atoms. The van der Waals surface area contributed by atoms with Crippen molar-refractivity contribution in [3.05, 3.63) is 34.4 Å². The van der Waals surface area contributed by atoms with Gasteiger partial charge in [0.25, 0.3) is 0 Å². The summed E-state index contributed by atoms with van der Waals surface area (Å²) >= 11 is 0. The lowest BCUT2D eigenvalue weighted by Crippen LogP contribution is -2.45. The molecule has 3 nitrogen and oxygen atoms in total. The molecule has 4 heteroatoms. The monoisotopic (exact) mass is 312 g/mol. The summed E-state index contributed by atoms with van der Waals surface area (Å²) in [5, 5.41) is 3.07. The molecular weight excluding hydrogens is 284 g/mol. The first-order chi connectivity index (χ1) is 9.40. The van der Waals surface area contributed by atoms with Crippen LogP contribution >= 0.6 is 12.4 Å². The molecule has 0 fully saturated rings. The quantitative estimate of drug-likeness (QED) is 0.845. The van der Waals surface area contributed by atoms with Crippen molar-refractivity contribution in [1.29, 1.82) is 0 Å². The van der Waals surface area contributed by atoms with E-state index in [4.69, 9.17) is 5.73 Å². The second kappa shape index (κ2) is 8.40. The summed E-state index contributed by atoms with van der Waals surface area (Å²) in [6.45, 7) is 11.3. The number of carbonyl (C=O) groups excluding carboxylic acids is 1. The summed E-state index contributed by atoms with van der Waals surface area (Å²) in [7, 11) is 0. The summed E-state index contributed by atoms with van der Waals surface area (Å²) in [4.78, 5) is 12.4. The maximum Gasteiger partial charge on any atom is 0.227 e. The molecule has 0 saturated heterocycles. The van der Waals surface area contributed by atoms with Crippen molar-refractivity contribution >= 4 is 18.3 Å². The van der Waals surface area contributed by atoms with Crippen LogP contribution in [0.3, 0.4) is 0 Å². The van der Waals surface area contributed by atoms with Gasteiger partial charge in [0.15, 0.2) is 0 Å². The molecule has 0 spiro atoms. The minimum Gasteiger partial charge on any atom is -0.351 e. The van der Waals surface area contributed by atoms with Crippen LogP contribution in [0.1, 0.15) is 48.9 Å². The van der Waals surface area contributed by atoms with Crippen molar-refractivity contribution in [3.8, 4) is 0 Å². The minimum absolute atomic E-state index is 0. The van der Waals surface area contributed by atoms with Crippen LogP contribution in [-0.4, -0.2) is 12.5 Å². The van der Waals surface area contributed by atoms with Gasteiger partial charge in [-0.15, -0.1) is 12.4 Å². The van der Waals surface area contributed by atoms with Gasteiger partial charge in [-0.05, 0) is 50.3 Å². The lowest BCUT2D eigenvalue weighted by Gasteiger charge is -2.28. The number of hydrogen-bond acceptors (Lipinski definition) is 2. The Bertz CT molecular complexity index is 450. The molecular formula is C17H29ClN2O. The summed E-state index contributed by atoms with van der Waals surface area (Å²) in [6, 6.07) is 4.31. The highest BCUT2D eigenvalue weighted by atomic mass is 35.5. The third-order valence-corrected chi connectivity index (χ3v) is 4.49. The molecule has 1 amide bonds. The fourth-order valence-corrected chi connectivity index (χ4v) is 2.80. The van der Waals surface area contributed by atoms with Crippen LogP contribution in [0.5, 0.6) is 0 Å². The number of nitrogens with one attached hydrogen (secondary N) is 1. The predicted octanol–water partition coefficient (Wildman–Crippen LogP) is 3.41. The first-order valence-corrected chi connectivity index (χ1v) is 7.45. The zero-order chi connectivity index (χ0) is 15.3. The largest absolute Gasteiger partial charge is 0.351 e. The van der Waals surface area contributed by atoms with E-state index in [2.05, 4.69) is 38.2 Å². The van der Waals surface area contributed by atoms with E-state index >= 15 is 0 Å². The van der Waals surface area contributed by atoms with Crippen molar-refractivity contribution in [2.75, 3.05) is 6.54 Å². The van der Waals surface area contributed by atoms with Crippen LogP contribution in [0.4, 0.5) is 0 Å². The fraction of sp³-hybridized carbons (Fsp3) is 0.588. The Kier molecular flexibility index (Phi) is 7.98. The Labute approximate surface area is 135 Å². The lowest BCUT2D eigenvalue weighted by atomic mass is 9.81. The standard InChI is InChI=1S/C17H28N2O.ClH/c1-6-17(7-2,11-18)16(20)19-10-15-13(4)8-12(3)9-14(15)5;/h8-9H,6-7,10-11,18H2,1-5H3,(H,19,20);1H. The van der Waals surface area contributed by atoms with Crippen LogP contribution in [0.25, 0.3) is 0 Å². The molecule has 120 valence electrons. The minimum atomic E-state index is -0.424. The zero-order valence-corrected chi connectivity index (χ0v) is 14.7. The van der Waals surface area contributed by atoms with Gasteiger partial charge in [0.1, 0.15) is 0 Å². The molecule has 1 aromatic rings. The number of carbonyl (C=O) groups is 1. The molecule has 0 aliphatic carbocycles. The number of rotatable bonds is 6. The predicted molar refractivity (Wildman–Crippen MR) is 91.8 cm³/mol. The molecule has 0 aliphatic heterocycles. The van der Waals surface area contributed by atoms with Gasteiger partial charge in [0.2, 0.25) is 5.91 Å². The van der Waals surface area contributed by atoms with Gasteiger partial charge in [-0.25, -0.2) is 0 Å². The number of benzene rings is 1. The number of halogens is 1. The van der Waals surface area contributed by atoms with Crippen molar-refractivity contribution in [1.82, 2.24) is 5.32 Å². The van der Waals surface area contributed by atoms with E-state index < -0.39 is 5.41 Å². The van der Waals surface area contributed by atoms with E-state index in [1.165, 1.54) is 22.3 Å². The van der Waals surface area contributed by atoms with Gasteiger partial charge in [0.05, 0.1) is 5.41 Å². The first kappa shape index (κ1) is 19.9. The van der Waals surface area contributed by atoms with E-state index in [0.717, 1.165) is 12.8 Å². The molecule has 0 aliphatic rings. The Morgan fingerprint density at radius 1 is 1.14 bits per heavy atom. The molecule has 0 atom stereocenters. The summed E-state index contributed by atoms with van der Waals surface area (Å²) in [5.74, 6) is 0.0735. The molecule has 0 unspecified atom stereocenters. The second-order valence-electron chi connectivity index (χ2n) is 5.75. The molecule has 21 heavy (non-hydrogen) atoms. The molecule has 0 radical (unpaired) electrons. The van der Waals surface area contributed by atoms with Crippen LogP contribution < -0.4 is 11.1 Å². The van der Waals surface area contributed by atoms with Gasteiger partial charge < -0.3 is 11.1 Å². The molecule has 1 rings (SSSR count). The highest BCUT2D eigenvalue weighted by Crippen LogP contribution is 2.25. The molecule has 0 saturated carbocycles. The molecule has 0 heterocycles. The van der Waals surface area contributed by atoms with Crippen LogP contribution in [-0.2, 0) is 11.3 Å². The third kappa shape index (κ3) is 4.45. The smallest absolute Gasteiger partial charge is 0.227 e. The lowest BCUT2D eigenvalue weighted by molar-refractivity contribution is -0.131. The van der Waals surface area contributed by atoms with E-state index in [1.807, 2.05) is 13.8 Å². The van der Waals surface area contributed by atoms with Crippen molar-refractivity contribution < 1.29 is 4.79 Å². The van der Waals surface area contributed by atoms with Crippen LogP contribution in [0.15, 0.2) is 12.1 Å². The molecule has 1 aromatic carbocycles. The third-order valence-electron chi connectivity index (χ3n) is 4.49. The highest BCUT2D eigenvalue weighted by molar-refractivity contribution is 5.85. The van der Waals surface area contributed by atoms with Gasteiger partial charge in [-0.1, -0.05) is 31.5 Å².